The number of carbonyl (C=O) groups is 1. The summed E-state index contributed by atoms with van der Waals surface area (Å²) in [6, 6.07) is 0.382. The van der Waals surface area contributed by atoms with Gasteiger partial charge in [0.1, 0.15) is 5.54 Å². The zero-order valence-electron chi connectivity index (χ0n) is 11.5. The lowest BCUT2D eigenvalue weighted by atomic mass is 9.93. The minimum absolute atomic E-state index is 0.382. The summed E-state index contributed by atoms with van der Waals surface area (Å²) in [4.78, 5) is 11.4. The highest BCUT2D eigenvalue weighted by atomic mass is 16.4. The highest BCUT2D eigenvalue weighted by Gasteiger charge is 2.34. The molecule has 0 radical (unpaired) electrons. The molecule has 100 valence electrons. The van der Waals surface area contributed by atoms with E-state index in [4.69, 9.17) is 0 Å². The average molecular weight is 241 g/mol. The summed E-state index contributed by atoms with van der Waals surface area (Å²) in [6.07, 6.45) is 7.58. The molecule has 0 aromatic carbocycles. The Hall–Kier alpha value is -0.570. The van der Waals surface area contributed by atoms with E-state index >= 15 is 0 Å². The number of hydrogen-bond acceptors (Lipinski definition) is 2. The van der Waals surface area contributed by atoms with Gasteiger partial charge in [0.2, 0.25) is 0 Å². The quantitative estimate of drug-likeness (QED) is 0.727. The third-order valence-electron chi connectivity index (χ3n) is 4.00. The molecule has 0 saturated heterocycles. The van der Waals surface area contributed by atoms with Crippen molar-refractivity contribution in [2.24, 2.45) is 5.92 Å². The fraction of sp³-hybridized carbons (Fsp3) is 0.929. The lowest BCUT2D eigenvalue weighted by Gasteiger charge is -2.31. The summed E-state index contributed by atoms with van der Waals surface area (Å²) in [5.41, 5.74) is -0.743. The molecule has 0 aromatic rings. The van der Waals surface area contributed by atoms with Crippen molar-refractivity contribution in [3.05, 3.63) is 0 Å². The minimum Gasteiger partial charge on any atom is -0.480 e. The topological polar surface area (TPSA) is 49.3 Å². The van der Waals surface area contributed by atoms with Crippen LogP contribution in [-0.2, 0) is 4.79 Å². The molecular weight excluding hydrogens is 214 g/mol. The number of carboxylic acids is 1. The van der Waals surface area contributed by atoms with Crippen molar-refractivity contribution in [1.29, 1.82) is 0 Å². The second-order valence-corrected chi connectivity index (χ2v) is 5.84. The van der Waals surface area contributed by atoms with Crippen LogP contribution in [0.3, 0.4) is 0 Å². The lowest BCUT2D eigenvalue weighted by molar-refractivity contribution is -0.145. The Labute approximate surface area is 105 Å². The molecular formula is C14H27NO2. The Bertz CT molecular complexity index is 255. The maximum Gasteiger partial charge on any atom is 0.323 e. The van der Waals surface area contributed by atoms with Crippen LogP contribution in [0.15, 0.2) is 0 Å². The van der Waals surface area contributed by atoms with E-state index in [0.29, 0.717) is 12.5 Å². The lowest BCUT2D eigenvalue weighted by Crippen LogP contribution is -2.53. The van der Waals surface area contributed by atoms with Crippen molar-refractivity contribution >= 4 is 5.97 Å². The highest BCUT2D eigenvalue weighted by Crippen LogP contribution is 2.25. The summed E-state index contributed by atoms with van der Waals surface area (Å²) in [5, 5.41) is 12.7. The first-order valence-corrected chi connectivity index (χ1v) is 6.99. The number of hydrogen-bond donors (Lipinski definition) is 2. The molecule has 3 atom stereocenters. The van der Waals surface area contributed by atoms with Gasteiger partial charge in [-0.15, -0.1) is 0 Å². The number of rotatable bonds is 5. The van der Waals surface area contributed by atoms with Gasteiger partial charge < -0.3 is 5.11 Å². The van der Waals surface area contributed by atoms with Gasteiger partial charge in [0, 0.05) is 6.04 Å². The number of nitrogens with one attached hydrogen (secondary N) is 1. The van der Waals surface area contributed by atoms with Gasteiger partial charge in [-0.05, 0) is 38.5 Å². The molecule has 1 fully saturated rings. The molecule has 2 N–H and O–H groups in total. The first kappa shape index (κ1) is 14.5. The van der Waals surface area contributed by atoms with Crippen LogP contribution in [0.5, 0.6) is 0 Å². The monoisotopic (exact) mass is 241 g/mol. The second-order valence-electron chi connectivity index (χ2n) is 5.84. The predicted octanol–water partition coefficient (Wildman–Crippen LogP) is 3.19. The molecule has 1 saturated carbocycles. The van der Waals surface area contributed by atoms with E-state index in [-0.39, 0.29) is 0 Å². The van der Waals surface area contributed by atoms with Crippen molar-refractivity contribution in [1.82, 2.24) is 5.32 Å². The Morgan fingerprint density at radius 3 is 2.65 bits per heavy atom. The Kier molecular flexibility index (Phi) is 5.44. The van der Waals surface area contributed by atoms with Crippen molar-refractivity contribution in [2.75, 3.05) is 0 Å². The van der Waals surface area contributed by atoms with Gasteiger partial charge >= 0.3 is 5.97 Å². The summed E-state index contributed by atoms with van der Waals surface area (Å²) < 4.78 is 0. The zero-order valence-corrected chi connectivity index (χ0v) is 11.5. The van der Waals surface area contributed by atoms with E-state index in [1.54, 1.807) is 0 Å². The Morgan fingerprint density at radius 1 is 1.35 bits per heavy atom. The van der Waals surface area contributed by atoms with E-state index in [1.165, 1.54) is 19.3 Å². The van der Waals surface area contributed by atoms with Crippen LogP contribution in [0.2, 0.25) is 0 Å². The fourth-order valence-electron chi connectivity index (χ4n) is 2.82. The maximum atomic E-state index is 11.4. The van der Waals surface area contributed by atoms with E-state index in [9.17, 15) is 9.90 Å². The molecule has 17 heavy (non-hydrogen) atoms. The third-order valence-corrected chi connectivity index (χ3v) is 4.00. The van der Waals surface area contributed by atoms with Gasteiger partial charge in [-0.2, -0.15) is 0 Å². The van der Waals surface area contributed by atoms with Gasteiger partial charge in [0.15, 0.2) is 0 Å². The van der Waals surface area contributed by atoms with Crippen molar-refractivity contribution in [3.8, 4) is 0 Å². The van der Waals surface area contributed by atoms with Crippen LogP contribution in [0.25, 0.3) is 0 Å². The fourth-order valence-corrected chi connectivity index (χ4v) is 2.82. The highest BCUT2D eigenvalue weighted by molar-refractivity contribution is 5.78. The molecule has 0 aromatic heterocycles. The standard InChI is InChI=1S/C14H27NO2/c1-4-10-14(3,13(16)17)15-12-7-5-6-11(2)8-9-12/h11-12,15H,4-10H2,1-3H3,(H,16,17). The molecule has 0 bridgehead atoms. The van der Waals surface area contributed by atoms with Gasteiger partial charge in [0.05, 0.1) is 0 Å². The SMILES string of the molecule is CCCC(C)(NC1CCCC(C)CC1)C(=O)O. The van der Waals surface area contributed by atoms with Gasteiger partial charge in [-0.1, -0.05) is 33.1 Å². The zero-order chi connectivity index (χ0) is 12.9. The summed E-state index contributed by atoms with van der Waals surface area (Å²) in [7, 11) is 0. The molecule has 3 heteroatoms. The van der Waals surface area contributed by atoms with E-state index in [2.05, 4.69) is 12.2 Å². The molecule has 0 spiro atoms. The summed E-state index contributed by atoms with van der Waals surface area (Å²) in [6.45, 7) is 6.16. The molecule has 0 aliphatic heterocycles. The van der Waals surface area contributed by atoms with Crippen molar-refractivity contribution in [2.45, 2.75) is 77.3 Å². The second kappa shape index (κ2) is 6.39. The maximum absolute atomic E-state index is 11.4. The van der Waals surface area contributed by atoms with E-state index in [1.807, 2.05) is 13.8 Å². The van der Waals surface area contributed by atoms with Crippen LogP contribution in [0, 0.1) is 5.92 Å². The van der Waals surface area contributed by atoms with Crippen LogP contribution in [0.4, 0.5) is 0 Å². The number of carboxylic acid groups (broad SMARTS) is 1. The third kappa shape index (κ3) is 4.30. The van der Waals surface area contributed by atoms with Crippen LogP contribution >= 0.6 is 0 Å². The predicted molar refractivity (Wildman–Crippen MR) is 70.1 cm³/mol. The molecule has 0 amide bonds. The van der Waals surface area contributed by atoms with Crippen LogP contribution in [-0.4, -0.2) is 22.7 Å². The van der Waals surface area contributed by atoms with Crippen LogP contribution < -0.4 is 5.32 Å². The Morgan fingerprint density at radius 2 is 2.06 bits per heavy atom. The Balaban J connectivity index is 2.57. The van der Waals surface area contributed by atoms with E-state index in [0.717, 1.165) is 25.2 Å². The van der Waals surface area contributed by atoms with Crippen LogP contribution in [0.1, 0.15) is 65.7 Å². The molecule has 0 heterocycles. The van der Waals surface area contributed by atoms with Gasteiger partial charge in [-0.3, -0.25) is 10.1 Å². The van der Waals surface area contributed by atoms with Gasteiger partial charge in [0.25, 0.3) is 0 Å². The minimum atomic E-state index is -0.743. The largest absolute Gasteiger partial charge is 0.480 e. The smallest absolute Gasteiger partial charge is 0.323 e. The first-order chi connectivity index (χ1) is 7.98. The van der Waals surface area contributed by atoms with E-state index < -0.39 is 11.5 Å². The molecule has 3 unspecified atom stereocenters. The first-order valence-electron chi connectivity index (χ1n) is 6.99. The summed E-state index contributed by atoms with van der Waals surface area (Å²) >= 11 is 0. The summed E-state index contributed by atoms with van der Waals surface area (Å²) in [5.74, 6) is 0.0840. The average Bonchev–Trinajstić information content (AvgIpc) is 2.44. The normalized spacial score (nSPS) is 29.4. The molecule has 1 aliphatic carbocycles. The molecule has 3 nitrogen and oxygen atoms in total. The van der Waals surface area contributed by atoms with Crippen molar-refractivity contribution in [3.63, 3.8) is 0 Å². The molecule has 1 aliphatic rings. The van der Waals surface area contributed by atoms with Gasteiger partial charge in [-0.25, -0.2) is 0 Å². The molecule has 1 rings (SSSR count). The number of aliphatic carboxylic acids is 1. The van der Waals surface area contributed by atoms with Crippen molar-refractivity contribution < 1.29 is 9.90 Å².